The molecule has 0 spiro atoms. The number of fused-ring (bicyclic) bond motifs is 1. The molecule has 1 aliphatic heterocycles. The highest BCUT2D eigenvalue weighted by Gasteiger charge is 2.39. The first-order valence-corrected chi connectivity index (χ1v) is 6.82. The molecular formula is C15H16ClNO2. The van der Waals surface area contributed by atoms with Crippen molar-refractivity contribution in [1.29, 1.82) is 0 Å². The second kappa shape index (κ2) is 4.36. The van der Waals surface area contributed by atoms with Gasteiger partial charge in [-0.25, -0.2) is 0 Å². The lowest BCUT2D eigenvalue weighted by Crippen LogP contribution is -2.34. The van der Waals surface area contributed by atoms with Crippen LogP contribution in [0, 0.1) is 0 Å². The van der Waals surface area contributed by atoms with Crippen LogP contribution in [0.25, 0.3) is 10.9 Å². The zero-order chi connectivity index (χ0) is 13.6. The molecule has 2 aromatic rings. The third-order valence-electron chi connectivity index (χ3n) is 3.90. The lowest BCUT2D eigenvalue weighted by atomic mass is 9.92. The van der Waals surface area contributed by atoms with Crippen molar-refractivity contribution >= 4 is 28.3 Å². The Morgan fingerprint density at radius 3 is 2.95 bits per heavy atom. The zero-order valence-corrected chi connectivity index (χ0v) is 11.8. The third kappa shape index (κ3) is 1.97. The number of aromatic nitrogens is 1. The number of nitrogens with zero attached hydrogens (tertiary/aromatic N) is 1. The standard InChI is InChI=1S/C15H16ClNO2/c1-15(6-3-7-19-15)14(18)12-9-17(2)13-8-10(16)4-5-11(12)13/h4-5,8-9H,3,6-7H2,1-2H3. The number of Topliss-reactive ketones (excluding diaryl/α,β-unsaturated/α-hetero) is 1. The highest BCUT2D eigenvalue weighted by Crippen LogP contribution is 2.33. The first-order chi connectivity index (χ1) is 9.01. The van der Waals surface area contributed by atoms with Gasteiger partial charge in [-0.3, -0.25) is 4.79 Å². The second-order valence-electron chi connectivity index (χ2n) is 5.33. The Hall–Kier alpha value is -1.32. The van der Waals surface area contributed by atoms with Crippen molar-refractivity contribution in [2.24, 2.45) is 7.05 Å². The summed E-state index contributed by atoms with van der Waals surface area (Å²) in [5, 5.41) is 1.62. The van der Waals surface area contributed by atoms with Crippen molar-refractivity contribution in [3.05, 3.63) is 35.0 Å². The number of benzene rings is 1. The van der Waals surface area contributed by atoms with Gasteiger partial charge in [0, 0.05) is 41.3 Å². The number of rotatable bonds is 2. The molecule has 0 bridgehead atoms. The van der Waals surface area contributed by atoms with E-state index in [0.29, 0.717) is 11.6 Å². The Kier molecular flexibility index (Phi) is 2.91. The maximum absolute atomic E-state index is 12.7. The molecule has 1 saturated heterocycles. The fourth-order valence-corrected chi connectivity index (χ4v) is 2.95. The number of ether oxygens (including phenoxy) is 1. The van der Waals surface area contributed by atoms with Crippen LogP contribution in [-0.4, -0.2) is 22.6 Å². The molecule has 19 heavy (non-hydrogen) atoms. The molecule has 0 saturated carbocycles. The summed E-state index contributed by atoms with van der Waals surface area (Å²) in [5.41, 5.74) is 1.02. The largest absolute Gasteiger partial charge is 0.367 e. The summed E-state index contributed by atoms with van der Waals surface area (Å²) in [4.78, 5) is 12.7. The Balaban J connectivity index is 2.13. The van der Waals surface area contributed by atoms with Crippen LogP contribution in [0.4, 0.5) is 0 Å². The van der Waals surface area contributed by atoms with E-state index in [1.165, 1.54) is 0 Å². The normalized spacial score (nSPS) is 23.1. The van der Waals surface area contributed by atoms with Gasteiger partial charge in [-0.05, 0) is 31.9 Å². The highest BCUT2D eigenvalue weighted by atomic mass is 35.5. The lowest BCUT2D eigenvalue weighted by molar-refractivity contribution is 0.0215. The van der Waals surface area contributed by atoms with E-state index in [1.807, 2.05) is 42.9 Å². The Morgan fingerprint density at radius 2 is 2.26 bits per heavy atom. The fraction of sp³-hybridized carbons (Fsp3) is 0.400. The third-order valence-corrected chi connectivity index (χ3v) is 4.13. The number of halogens is 1. The van der Waals surface area contributed by atoms with E-state index < -0.39 is 5.60 Å². The van der Waals surface area contributed by atoms with Gasteiger partial charge in [-0.1, -0.05) is 17.7 Å². The molecule has 0 radical (unpaired) electrons. The van der Waals surface area contributed by atoms with Crippen LogP contribution in [0.2, 0.25) is 5.02 Å². The molecule has 1 fully saturated rings. The summed E-state index contributed by atoms with van der Waals surface area (Å²) in [6.07, 6.45) is 3.60. The maximum Gasteiger partial charge on any atom is 0.196 e. The molecule has 0 amide bonds. The zero-order valence-electron chi connectivity index (χ0n) is 11.1. The van der Waals surface area contributed by atoms with Gasteiger partial charge < -0.3 is 9.30 Å². The van der Waals surface area contributed by atoms with Crippen LogP contribution in [0.3, 0.4) is 0 Å². The minimum Gasteiger partial charge on any atom is -0.367 e. The molecule has 100 valence electrons. The van der Waals surface area contributed by atoms with Gasteiger partial charge in [-0.2, -0.15) is 0 Å². The van der Waals surface area contributed by atoms with Crippen molar-refractivity contribution in [3.8, 4) is 0 Å². The van der Waals surface area contributed by atoms with E-state index in [-0.39, 0.29) is 5.78 Å². The first-order valence-electron chi connectivity index (χ1n) is 6.45. The van der Waals surface area contributed by atoms with Crippen LogP contribution in [0.5, 0.6) is 0 Å². The van der Waals surface area contributed by atoms with Gasteiger partial charge in [0.05, 0.1) is 0 Å². The average molecular weight is 278 g/mol. The van der Waals surface area contributed by atoms with Crippen molar-refractivity contribution in [2.45, 2.75) is 25.4 Å². The van der Waals surface area contributed by atoms with Crippen LogP contribution in [0.15, 0.2) is 24.4 Å². The summed E-state index contributed by atoms with van der Waals surface area (Å²) in [6, 6.07) is 5.60. The number of carbonyl (C=O) groups excluding carboxylic acids is 1. The van der Waals surface area contributed by atoms with Crippen molar-refractivity contribution < 1.29 is 9.53 Å². The fourth-order valence-electron chi connectivity index (χ4n) is 2.78. The van der Waals surface area contributed by atoms with Gasteiger partial charge in [0.2, 0.25) is 0 Å². The van der Waals surface area contributed by atoms with Crippen molar-refractivity contribution in [1.82, 2.24) is 4.57 Å². The van der Waals surface area contributed by atoms with E-state index in [0.717, 1.165) is 29.3 Å². The molecule has 1 aromatic carbocycles. The SMILES string of the molecule is Cn1cc(C(=O)C2(C)CCCO2)c2ccc(Cl)cc21. The van der Waals surface area contributed by atoms with E-state index in [9.17, 15) is 4.79 Å². The van der Waals surface area contributed by atoms with Crippen LogP contribution >= 0.6 is 11.6 Å². The molecule has 3 nitrogen and oxygen atoms in total. The minimum atomic E-state index is -0.673. The van der Waals surface area contributed by atoms with E-state index >= 15 is 0 Å². The summed E-state index contributed by atoms with van der Waals surface area (Å²) >= 11 is 6.01. The smallest absolute Gasteiger partial charge is 0.196 e. The molecule has 0 aliphatic carbocycles. The number of hydrogen-bond acceptors (Lipinski definition) is 2. The van der Waals surface area contributed by atoms with Gasteiger partial charge in [0.15, 0.2) is 5.78 Å². The summed E-state index contributed by atoms with van der Waals surface area (Å²) < 4.78 is 7.59. The second-order valence-corrected chi connectivity index (χ2v) is 5.76. The molecule has 1 aromatic heterocycles. The molecular weight excluding hydrogens is 262 g/mol. The Bertz CT molecular complexity index is 653. The number of aryl methyl sites for hydroxylation is 1. The minimum absolute atomic E-state index is 0.0675. The topological polar surface area (TPSA) is 31.2 Å². The number of hydrogen-bond donors (Lipinski definition) is 0. The van der Waals surface area contributed by atoms with Crippen LogP contribution in [0.1, 0.15) is 30.1 Å². The summed E-state index contributed by atoms with van der Waals surface area (Å²) in [6.45, 7) is 2.55. The summed E-state index contributed by atoms with van der Waals surface area (Å²) in [5.74, 6) is 0.0675. The molecule has 1 atom stereocenters. The average Bonchev–Trinajstić information content (AvgIpc) is 2.95. The highest BCUT2D eigenvalue weighted by molar-refractivity contribution is 6.31. The van der Waals surface area contributed by atoms with E-state index in [4.69, 9.17) is 16.3 Å². The molecule has 3 rings (SSSR count). The Labute approximate surface area is 117 Å². The Morgan fingerprint density at radius 1 is 1.47 bits per heavy atom. The van der Waals surface area contributed by atoms with Crippen molar-refractivity contribution in [3.63, 3.8) is 0 Å². The van der Waals surface area contributed by atoms with Crippen LogP contribution in [-0.2, 0) is 11.8 Å². The lowest BCUT2D eigenvalue weighted by Gasteiger charge is -2.20. The number of ketones is 1. The molecule has 4 heteroatoms. The van der Waals surface area contributed by atoms with E-state index in [1.54, 1.807) is 0 Å². The maximum atomic E-state index is 12.7. The predicted molar refractivity (Wildman–Crippen MR) is 75.9 cm³/mol. The summed E-state index contributed by atoms with van der Waals surface area (Å²) in [7, 11) is 1.92. The quantitative estimate of drug-likeness (QED) is 0.786. The molecule has 0 N–H and O–H groups in total. The molecule has 1 unspecified atom stereocenters. The molecule has 2 heterocycles. The van der Waals surface area contributed by atoms with Crippen LogP contribution < -0.4 is 0 Å². The number of carbonyl (C=O) groups is 1. The van der Waals surface area contributed by atoms with E-state index in [2.05, 4.69) is 0 Å². The first kappa shape index (κ1) is 12.7. The van der Waals surface area contributed by atoms with Crippen molar-refractivity contribution in [2.75, 3.05) is 6.61 Å². The van der Waals surface area contributed by atoms with Gasteiger partial charge in [0.1, 0.15) is 5.60 Å². The van der Waals surface area contributed by atoms with Gasteiger partial charge in [0.25, 0.3) is 0 Å². The van der Waals surface area contributed by atoms with Gasteiger partial charge >= 0.3 is 0 Å². The van der Waals surface area contributed by atoms with Gasteiger partial charge in [-0.15, -0.1) is 0 Å². The predicted octanol–water partition coefficient (Wildman–Crippen LogP) is 3.58. The monoisotopic (exact) mass is 277 g/mol. The molecule has 1 aliphatic rings.